The summed E-state index contributed by atoms with van der Waals surface area (Å²) in [6, 6.07) is 5.78. The molecule has 0 radical (unpaired) electrons. The largest absolute Gasteiger partial charge is 0.465 e. The van der Waals surface area contributed by atoms with Crippen LogP contribution < -0.4 is 0 Å². The molecule has 0 unspecified atom stereocenters. The Balaban J connectivity index is 2.43. The lowest BCUT2D eigenvalue weighted by Gasteiger charge is -2.42. The van der Waals surface area contributed by atoms with Crippen LogP contribution in [0.1, 0.15) is 56.3 Å². The monoisotopic (exact) mass is 277 g/mol. The highest BCUT2D eigenvalue weighted by Crippen LogP contribution is 2.38. The van der Waals surface area contributed by atoms with Gasteiger partial charge in [0, 0.05) is 5.54 Å². The van der Waals surface area contributed by atoms with Crippen LogP contribution in [0.5, 0.6) is 0 Å². The smallest absolute Gasteiger partial charge is 0.408 e. The number of hydrogen-bond acceptors (Lipinski definition) is 2. The number of fused-ring (bicyclic) bond motifs is 1. The molecule has 1 aromatic carbocycles. The molecule has 4 nitrogen and oxygen atoms in total. The van der Waals surface area contributed by atoms with Crippen molar-refractivity contribution < 1.29 is 15.0 Å². The first kappa shape index (κ1) is 14.9. The molecule has 2 rings (SSSR count). The second-order valence-electron chi connectivity index (χ2n) is 6.42. The van der Waals surface area contributed by atoms with Crippen molar-refractivity contribution in [3.05, 3.63) is 34.9 Å². The zero-order valence-corrected chi connectivity index (χ0v) is 12.4. The molecule has 0 saturated carbocycles. The lowest BCUT2D eigenvalue weighted by Crippen LogP contribution is -2.48. The maximum Gasteiger partial charge on any atom is 0.408 e. The van der Waals surface area contributed by atoms with E-state index in [0.29, 0.717) is 0 Å². The SMILES string of the molecule is CC(C)(C)N(C(=O)O)[C@@H]1CCCc2cc(CO)ccc21. The van der Waals surface area contributed by atoms with Crippen LogP contribution in [0.25, 0.3) is 0 Å². The molecular formula is C16H23NO3. The van der Waals surface area contributed by atoms with Gasteiger partial charge in [-0.1, -0.05) is 18.2 Å². The molecule has 0 spiro atoms. The number of amides is 1. The first-order chi connectivity index (χ1) is 9.34. The maximum atomic E-state index is 11.7. The summed E-state index contributed by atoms with van der Waals surface area (Å²) in [7, 11) is 0. The first-order valence-electron chi connectivity index (χ1n) is 7.09. The van der Waals surface area contributed by atoms with Crippen LogP contribution in [0.3, 0.4) is 0 Å². The third kappa shape index (κ3) is 2.80. The number of rotatable bonds is 2. The fourth-order valence-electron chi connectivity index (χ4n) is 3.10. The standard InChI is InChI=1S/C16H23NO3/c1-16(2,3)17(15(19)20)14-6-4-5-12-9-11(10-18)7-8-13(12)14/h7-9,14,18H,4-6,10H2,1-3H3,(H,19,20)/t14-/m1/s1. The highest BCUT2D eigenvalue weighted by atomic mass is 16.4. The van der Waals surface area contributed by atoms with E-state index in [9.17, 15) is 15.0 Å². The summed E-state index contributed by atoms with van der Waals surface area (Å²) in [6.45, 7) is 5.81. The topological polar surface area (TPSA) is 60.8 Å². The van der Waals surface area contributed by atoms with E-state index in [1.807, 2.05) is 39.0 Å². The molecule has 0 aliphatic heterocycles. The molecule has 0 aromatic heterocycles. The zero-order chi connectivity index (χ0) is 14.9. The third-order valence-corrected chi connectivity index (χ3v) is 3.91. The molecule has 0 saturated heterocycles. The second-order valence-corrected chi connectivity index (χ2v) is 6.42. The van der Waals surface area contributed by atoms with Gasteiger partial charge < -0.3 is 10.2 Å². The van der Waals surface area contributed by atoms with Crippen molar-refractivity contribution in [2.24, 2.45) is 0 Å². The average molecular weight is 277 g/mol. The Morgan fingerprint density at radius 1 is 1.40 bits per heavy atom. The first-order valence-corrected chi connectivity index (χ1v) is 7.09. The fraction of sp³-hybridized carbons (Fsp3) is 0.562. The highest BCUT2D eigenvalue weighted by molar-refractivity contribution is 5.67. The van der Waals surface area contributed by atoms with Crippen molar-refractivity contribution in [1.82, 2.24) is 4.90 Å². The van der Waals surface area contributed by atoms with E-state index in [1.165, 1.54) is 5.56 Å². The average Bonchev–Trinajstić information content (AvgIpc) is 2.36. The Morgan fingerprint density at radius 3 is 2.65 bits per heavy atom. The van der Waals surface area contributed by atoms with Gasteiger partial charge in [-0.15, -0.1) is 0 Å². The van der Waals surface area contributed by atoms with Crippen molar-refractivity contribution in [2.45, 2.75) is 58.2 Å². The van der Waals surface area contributed by atoms with Gasteiger partial charge in [0.2, 0.25) is 0 Å². The Kier molecular flexibility index (Phi) is 4.04. The number of benzene rings is 1. The van der Waals surface area contributed by atoms with E-state index in [0.717, 1.165) is 30.4 Å². The molecule has 1 aliphatic carbocycles. The third-order valence-electron chi connectivity index (χ3n) is 3.91. The van der Waals surface area contributed by atoms with Gasteiger partial charge in [0.1, 0.15) is 0 Å². The minimum Gasteiger partial charge on any atom is -0.465 e. The summed E-state index contributed by atoms with van der Waals surface area (Å²) in [4.78, 5) is 13.2. The van der Waals surface area contributed by atoms with Gasteiger partial charge in [-0.25, -0.2) is 4.79 Å². The molecule has 1 aliphatic rings. The molecular weight excluding hydrogens is 254 g/mol. The quantitative estimate of drug-likeness (QED) is 0.871. The Labute approximate surface area is 120 Å². The summed E-state index contributed by atoms with van der Waals surface area (Å²) in [5.41, 5.74) is 2.72. The lowest BCUT2D eigenvalue weighted by atomic mass is 9.84. The number of carbonyl (C=O) groups is 1. The summed E-state index contributed by atoms with van der Waals surface area (Å²) in [5.74, 6) is 0. The molecule has 0 heterocycles. The summed E-state index contributed by atoms with van der Waals surface area (Å²) >= 11 is 0. The van der Waals surface area contributed by atoms with Crippen molar-refractivity contribution in [3.63, 3.8) is 0 Å². The maximum absolute atomic E-state index is 11.7. The molecule has 1 amide bonds. The number of aryl methyl sites for hydroxylation is 1. The van der Waals surface area contributed by atoms with E-state index in [4.69, 9.17) is 0 Å². The highest BCUT2D eigenvalue weighted by Gasteiger charge is 2.36. The lowest BCUT2D eigenvalue weighted by molar-refractivity contribution is 0.0637. The molecule has 110 valence electrons. The van der Waals surface area contributed by atoms with Crippen LogP contribution in [0.15, 0.2) is 18.2 Å². The van der Waals surface area contributed by atoms with Crippen molar-refractivity contribution >= 4 is 6.09 Å². The summed E-state index contributed by atoms with van der Waals surface area (Å²) < 4.78 is 0. The van der Waals surface area contributed by atoms with Crippen molar-refractivity contribution in [1.29, 1.82) is 0 Å². The Morgan fingerprint density at radius 2 is 2.10 bits per heavy atom. The normalized spacial score (nSPS) is 18.5. The molecule has 20 heavy (non-hydrogen) atoms. The van der Waals surface area contributed by atoms with Crippen molar-refractivity contribution in [2.75, 3.05) is 0 Å². The van der Waals surface area contributed by atoms with Gasteiger partial charge >= 0.3 is 6.09 Å². The van der Waals surface area contributed by atoms with E-state index >= 15 is 0 Å². The minimum atomic E-state index is -0.874. The van der Waals surface area contributed by atoms with Gasteiger partial charge in [0.25, 0.3) is 0 Å². The molecule has 1 atom stereocenters. The predicted octanol–water partition coefficient (Wildman–Crippen LogP) is 3.33. The van der Waals surface area contributed by atoms with E-state index in [2.05, 4.69) is 0 Å². The summed E-state index contributed by atoms with van der Waals surface area (Å²) in [5, 5.41) is 18.8. The van der Waals surface area contributed by atoms with E-state index < -0.39 is 11.6 Å². The van der Waals surface area contributed by atoms with Crippen LogP contribution in [-0.2, 0) is 13.0 Å². The summed E-state index contributed by atoms with van der Waals surface area (Å²) in [6.07, 6.45) is 1.92. The Hall–Kier alpha value is -1.55. The molecule has 0 fully saturated rings. The van der Waals surface area contributed by atoms with Crippen LogP contribution >= 0.6 is 0 Å². The van der Waals surface area contributed by atoms with E-state index in [1.54, 1.807) is 4.90 Å². The minimum absolute atomic E-state index is 0.0276. The number of aliphatic hydroxyl groups excluding tert-OH is 1. The molecule has 1 aromatic rings. The fourth-order valence-corrected chi connectivity index (χ4v) is 3.10. The molecule has 0 bridgehead atoms. The van der Waals surface area contributed by atoms with Crippen LogP contribution in [0.4, 0.5) is 4.79 Å². The molecule has 4 heteroatoms. The molecule has 2 N–H and O–H groups in total. The van der Waals surface area contributed by atoms with Crippen LogP contribution in [0, 0.1) is 0 Å². The van der Waals surface area contributed by atoms with Gasteiger partial charge in [-0.05, 0) is 56.7 Å². The van der Waals surface area contributed by atoms with E-state index in [-0.39, 0.29) is 12.6 Å². The predicted molar refractivity (Wildman–Crippen MR) is 77.7 cm³/mol. The second kappa shape index (κ2) is 5.44. The zero-order valence-electron chi connectivity index (χ0n) is 12.4. The Bertz CT molecular complexity index is 505. The van der Waals surface area contributed by atoms with Crippen LogP contribution in [-0.4, -0.2) is 26.7 Å². The number of aliphatic hydroxyl groups is 1. The van der Waals surface area contributed by atoms with Gasteiger partial charge in [-0.3, -0.25) is 4.90 Å². The van der Waals surface area contributed by atoms with Gasteiger partial charge in [-0.2, -0.15) is 0 Å². The number of hydrogen-bond donors (Lipinski definition) is 2. The van der Waals surface area contributed by atoms with Gasteiger partial charge in [0.15, 0.2) is 0 Å². The number of nitrogens with zero attached hydrogens (tertiary/aromatic N) is 1. The number of carboxylic acid groups (broad SMARTS) is 1. The van der Waals surface area contributed by atoms with Crippen molar-refractivity contribution in [3.8, 4) is 0 Å². The van der Waals surface area contributed by atoms with Gasteiger partial charge in [0.05, 0.1) is 12.6 Å². The van der Waals surface area contributed by atoms with Crippen LogP contribution in [0.2, 0.25) is 0 Å².